The van der Waals surface area contributed by atoms with Crippen molar-refractivity contribution in [2.75, 3.05) is 0 Å². The molecule has 1 aromatic heterocycles. The van der Waals surface area contributed by atoms with Crippen LogP contribution in [-0.4, -0.2) is 9.56 Å². The van der Waals surface area contributed by atoms with E-state index in [0.717, 1.165) is 32.2 Å². The maximum atomic E-state index is 11.8. The first kappa shape index (κ1) is 11.3. The Kier molecular flexibility index (Phi) is 3.39. The lowest BCUT2D eigenvalue weighted by molar-refractivity contribution is 0.610. The molecule has 0 amide bonds. The molecule has 1 aliphatic rings. The van der Waals surface area contributed by atoms with Crippen LogP contribution in [0, 0.1) is 0 Å². The minimum absolute atomic E-state index is 0.101. The fourth-order valence-corrected chi connectivity index (χ4v) is 2.43. The molecule has 0 aliphatic heterocycles. The second-order valence-electron chi connectivity index (χ2n) is 4.22. The van der Waals surface area contributed by atoms with Crippen molar-refractivity contribution in [2.45, 2.75) is 38.6 Å². The van der Waals surface area contributed by atoms with E-state index in [4.69, 9.17) is 18.0 Å². The number of fused-ring (bicyclic) bond motifs is 1. The lowest BCUT2D eigenvalue weighted by Crippen LogP contribution is -2.23. The lowest BCUT2D eigenvalue weighted by atomic mass is 10.2. The highest BCUT2D eigenvalue weighted by atomic mass is 32.1. The molecule has 1 aromatic rings. The highest BCUT2D eigenvalue weighted by molar-refractivity contribution is 7.80. The number of hydrogen-bond acceptors (Lipinski definition) is 2. The van der Waals surface area contributed by atoms with E-state index < -0.39 is 0 Å². The standard InChI is InChI=1S/C12H16N2OS/c13-11(16)5-2-8-14-10-4-1-3-9(10)6-7-12(14)15/h6-7H,1-5,8H2,(H2,13,16). The molecule has 0 unspecified atom stereocenters. The molecule has 0 radical (unpaired) electrons. The van der Waals surface area contributed by atoms with Crippen molar-refractivity contribution in [1.29, 1.82) is 0 Å². The zero-order valence-corrected chi connectivity index (χ0v) is 10.1. The summed E-state index contributed by atoms with van der Waals surface area (Å²) < 4.78 is 1.89. The van der Waals surface area contributed by atoms with E-state index in [0.29, 0.717) is 11.4 Å². The van der Waals surface area contributed by atoms with Crippen LogP contribution in [0.2, 0.25) is 0 Å². The summed E-state index contributed by atoms with van der Waals surface area (Å²) in [7, 11) is 0. The Labute approximate surface area is 100 Å². The summed E-state index contributed by atoms with van der Waals surface area (Å²) in [5.41, 5.74) is 8.10. The van der Waals surface area contributed by atoms with Gasteiger partial charge < -0.3 is 10.3 Å². The van der Waals surface area contributed by atoms with E-state index in [-0.39, 0.29) is 5.56 Å². The van der Waals surface area contributed by atoms with Gasteiger partial charge in [0.25, 0.3) is 5.56 Å². The molecule has 0 aromatic carbocycles. The van der Waals surface area contributed by atoms with E-state index in [9.17, 15) is 4.79 Å². The summed E-state index contributed by atoms with van der Waals surface area (Å²) in [4.78, 5) is 12.3. The molecule has 0 saturated carbocycles. The Hall–Kier alpha value is -1.16. The zero-order chi connectivity index (χ0) is 11.5. The highest BCUT2D eigenvalue weighted by Crippen LogP contribution is 2.20. The third kappa shape index (κ3) is 2.32. The Bertz CT molecular complexity index is 465. The van der Waals surface area contributed by atoms with Crippen LogP contribution in [0.5, 0.6) is 0 Å². The Balaban J connectivity index is 2.17. The molecule has 0 fully saturated rings. The highest BCUT2D eigenvalue weighted by Gasteiger charge is 2.15. The first-order valence-corrected chi connectivity index (χ1v) is 6.09. The van der Waals surface area contributed by atoms with Crippen LogP contribution in [0.3, 0.4) is 0 Å². The first-order valence-electron chi connectivity index (χ1n) is 5.68. The Morgan fingerprint density at radius 2 is 2.25 bits per heavy atom. The maximum Gasteiger partial charge on any atom is 0.250 e. The molecule has 2 N–H and O–H groups in total. The number of nitrogens with zero attached hydrogens (tertiary/aromatic N) is 1. The molecule has 1 aliphatic carbocycles. The van der Waals surface area contributed by atoms with Crippen molar-refractivity contribution in [1.82, 2.24) is 4.57 Å². The lowest BCUT2D eigenvalue weighted by Gasteiger charge is -2.11. The molecule has 3 nitrogen and oxygen atoms in total. The molecule has 1 heterocycles. The van der Waals surface area contributed by atoms with Crippen molar-refractivity contribution in [3.63, 3.8) is 0 Å². The first-order chi connectivity index (χ1) is 7.68. The molecule has 86 valence electrons. The molecular weight excluding hydrogens is 220 g/mol. The van der Waals surface area contributed by atoms with Crippen LogP contribution in [0.4, 0.5) is 0 Å². The van der Waals surface area contributed by atoms with E-state index in [1.54, 1.807) is 6.07 Å². The second kappa shape index (κ2) is 4.78. The van der Waals surface area contributed by atoms with Gasteiger partial charge in [0.15, 0.2) is 0 Å². The molecule has 0 spiro atoms. The van der Waals surface area contributed by atoms with Gasteiger partial charge in [-0.15, -0.1) is 0 Å². The van der Waals surface area contributed by atoms with Crippen LogP contribution in [0.25, 0.3) is 0 Å². The van der Waals surface area contributed by atoms with Gasteiger partial charge in [-0.05, 0) is 37.7 Å². The van der Waals surface area contributed by atoms with Gasteiger partial charge in [-0.2, -0.15) is 0 Å². The van der Waals surface area contributed by atoms with Crippen molar-refractivity contribution in [2.24, 2.45) is 5.73 Å². The number of pyridine rings is 1. The molecular formula is C12H16N2OS. The van der Waals surface area contributed by atoms with Gasteiger partial charge in [0, 0.05) is 18.3 Å². The third-order valence-electron chi connectivity index (χ3n) is 3.05. The molecule has 0 bridgehead atoms. The van der Waals surface area contributed by atoms with Crippen LogP contribution >= 0.6 is 12.2 Å². The molecule has 0 atom stereocenters. The van der Waals surface area contributed by atoms with Crippen LogP contribution in [0.1, 0.15) is 30.5 Å². The predicted octanol–water partition coefficient (Wildman–Crippen LogP) is 1.40. The Morgan fingerprint density at radius 1 is 1.44 bits per heavy atom. The molecule has 0 saturated heterocycles. The number of rotatable bonds is 4. The minimum atomic E-state index is 0.101. The monoisotopic (exact) mass is 236 g/mol. The Morgan fingerprint density at radius 3 is 3.00 bits per heavy atom. The summed E-state index contributed by atoms with van der Waals surface area (Å²) in [6.45, 7) is 0.735. The SMILES string of the molecule is NC(=S)CCCn1c2c(ccc1=O)CCC2. The van der Waals surface area contributed by atoms with E-state index in [1.165, 1.54) is 11.3 Å². The summed E-state index contributed by atoms with van der Waals surface area (Å²) in [6, 6.07) is 3.64. The van der Waals surface area contributed by atoms with Crippen molar-refractivity contribution >= 4 is 17.2 Å². The van der Waals surface area contributed by atoms with Gasteiger partial charge in [-0.25, -0.2) is 0 Å². The topological polar surface area (TPSA) is 48.0 Å². The number of aromatic nitrogens is 1. The molecule has 4 heteroatoms. The quantitative estimate of drug-likeness (QED) is 0.804. The van der Waals surface area contributed by atoms with E-state index in [2.05, 4.69) is 0 Å². The number of hydrogen-bond donors (Lipinski definition) is 1. The normalized spacial score (nSPS) is 13.8. The maximum absolute atomic E-state index is 11.8. The van der Waals surface area contributed by atoms with Gasteiger partial charge in [-0.3, -0.25) is 4.79 Å². The average Bonchev–Trinajstić information content (AvgIpc) is 2.69. The fourth-order valence-electron chi connectivity index (χ4n) is 2.29. The molecule has 16 heavy (non-hydrogen) atoms. The van der Waals surface area contributed by atoms with Gasteiger partial charge in [0.05, 0.1) is 4.99 Å². The minimum Gasteiger partial charge on any atom is -0.393 e. The third-order valence-corrected chi connectivity index (χ3v) is 3.26. The summed E-state index contributed by atoms with van der Waals surface area (Å²) in [5.74, 6) is 0. The average molecular weight is 236 g/mol. The number of thiocarbonyl (C=S) groups is 1. The van der Waals surface area contributed by atoms with Crippen molar-refractivity contribution in [3.8, 4) is 0 Å². The van der Waals surface area contributed by atoms with Crippen LogP contribution < -0.4 is 11.3 Å². The largest absolute Gasteiger partial charge is 0.393 e. The second-order valence-corrected chi connectivity index (χ2v) is 4.74. The fraction of sp³-hybridized carbons (Fsp3) is 0.500. The predicted molar refractivity (Wildman–Crippen MR) is 68.7 cm³/mol. The van der Waals surface area contributed by atoms with Gasteiger partial charge >= 0.3 is 0 Å². The van der Waals surface area contributed by atoms with E-state index in [1.807, 2.05) is 10.6 Å². The summed E-state index contributed by atoms with van der Waals surface area (Å²) >= 11 is 4.83. The molecule has 2 rings (SSSR count). The number of nitrogens with two attached hydrogens (primary N) is 1. The zero-order valence-electron chi connectivity index (χ0n) is 9.24. The summed E-state index contributed by atoms with van der Waals surface area (Å²) in [5, 5.41) is 0. The van der Waals surface area contributed by atoms with E-state index >= 15 is 0 Å². The van der Waals surface area contributed by atoms with Gasteiger partial charge in [0.1, 0.15) is 0 Å². The number of aryl methyl sites for hydroxylation is 1. The van der Waals surface area contributed by atoms with Crippen LogP contribution in [-0.2, 0) is 19.4 Å². The van der Waals surface area contributed by atoms with Crippen molar-refractivity contribution in [3.05, 3.63) is 33.7 Å². The van der Waals surface area contributed by atoms with Gasteiger partial charge in [-0.1, -0.05) is 18.3 Å². The van der Waals surface area contributed by atoms with Gasteiger partial charge in [0.2, 0.25) is 0 Å². The smallest absolute Gasteiger partial charge is 0.250 e. The summed E-state index contributed by atoms with van der Waals surface area (Å²) in [6.07, 6.45) is 4.86. The van der Waals surface area contributed by atoms with Crippen molar-refractivity contribution < 1.29 is 0 Å². The van der Waals surface area contributed by atoms with Crippen LogP contribution in [0.15, 0.2) is 16.9 Å².